The molecule has 15 heavy (non-hydrogen) atoms. The number of fused-ring (bicyclic) bond motifs is 1. The zero-order valence-electron chi connectivity index (χ0n) is 7.49. The molecule has 1 heterocycles. The molecule has 0 aromatic heterocycles. The minimum atomic E-state index is -1.27. The van der Waals surface area contributed by atoms with Gasteiger partial charge in [-0.3, -0.25) is 0 Å². The number of hydrogen-bond donors (Lipinski definition) is 2. The molecular weight excluding hydrogens is 224 g/mol. The molecule has 2 N–H and O–H groups in total. The van der Waals surface area contributed by atoms with Crippen molar-refractivity contribution in [3.05, 3.63) is 16.7 Å². The molecule has 5 nitrogen and oxygen atoms in total. The van der Waals surface area contributed by atoms with Crippen LogP contribution in [0.3, 0.4) is 0 Å². The van der Waals surface area contributed by atoms with Gasteiger partial charge in [-0.25, -0.2) is 4.79 Å². The summed E-state index contributed by atoms with van der Waals surface area (Å²) in [6, 6.07) is 1.24. The topological polar surface area (TPSA) is 76.0 Å². The number of hydrogen-bond acceptors (Lipinski definition) is 4. The molecule has 0 atom stereocenters. The van der Waals surface area contributed by atoms with Crippen LogP contribution in [0.25, 0.3) is 0 Å². The van der Waals surface area contributed by atoms with E-state index in [0.29, 0.717) is 6.61 Å². The largest absolute Gasteiger partial charge is 0.506 e. The SMILES string of the molecule is O=C(O)c1c(Cl)c(O)cc2c1OCCO2. The van der Waals surface area contributed by atoms with Gasteiger partial charge in [-0.1, -0.05) is 11.6 Å². The smallest absolute Gasteiger partial charge is 0.341 e. The Kier molecular flexibility index (Phi) is 2.32. The van der Waals surface area contributed by atoms with Crippen molar-refractivity contribution in [2.75, 3.05) is 13.2 Å². The van der Waals surface area contributed by atoms with E-state index in [2.05, 4.69) is 0 Å². The Morgan fingerprint density at radius 3 is 2.73 bits per heavy atom. The molecule has 0 spiro atoms. The second-order valence-electron chi connectivity index (χ2n) is 2.91. The lowest BCUT2D eigenvalue weighted by atomic mass is 10.1. The molecule has 0 amide bonds. The van der Waals surface area contributed by atoms with Crippen molar-refractivity contribution >= 4 is 17.6 Å². The number of phenolic OH excluding ortho intramolecular Hbond substituents is 1. The van der Waals surface area contributed by atoms with E-state index in [9.17, 15) is 9.90 Å². The number of aromatic carboxylic acids is 1. The van der Waals surface area contributed by atoms with Gasteiger partial charge in [0.2, 0.25) is 0 Å². The molecule has 1 aliphatic heterocycles. The number of benzene rings is 1. The van der Waals surface area contributed by atoms with Crippen LogP contribution < -0.4 is 9.47 Å². The van der Waals surface area contributed by atoms with E-state index in [4.69, 9.17) is 26.2 Å². The summed E-state index contributed by atoms with van der Waals surface area (Å²) in [4.78, 5) is 10.9. The average Bonchev–Trinajstić information content (AvgIpc) is 2.19. The molecule has 0 unspecified atom stereocenters. The van der Waals surface area contributed by atoms with Gasteiger partial charge in [0.25, 0.3) is 0 Å². The second kappa shape index (κ2) is 3.51. The van der Waals surface area contributed by atoms with Gasteiger partial charge in [-0.15, -0.1) is 0 Å². The van der Waals surface area contributed by atoms with E-state index < -0.39 is 5.97 Å². The Labute approximate surface area is 89.8 Å². The first kappa shape index (κ1) is 9.92. The van der Waals surface area contributed by atoms with Crippen molar-refractivity contribution < 1.29 is 24.5 Å². The van der Waals surface area contributed by atoms with Gasteiger partial charge < -0.3 is 19.7 Å². The van der Waals surface area contributed by atoms with E-state index in [1.165, 1.54) is 6.07 Å². The molecule has 0 bridgehead atoms. The predicted molar refractivity (Wildman–Crippen MR) is 51.1 cm³/mol. The standard InChI is InChI=1S/C9H7ClO5/c10-7-4(11)3-5-8(6(7)9(12)13)15-2-1-14-5/h3,11H,1-2H2,(H,12,13). The quantitative estimate of drug-likeness (QED) is 0.765. The second-order valence-corrected chi connectivity index (χ2v) is 3.29. The number of carboxylic acids is 1. The summed E-state index contributed by atoms with van der Waals surface area (Å²) in [5, 5.41) is 18.0. The third kappa shape index (κ3) is 1.55. The lowest BCUT2D eigenvalue weighted by molar-refractivity contribution is 0.0685. The molecule has 0 saturated carbocycles. The van der Waals surface area contributed by atoms with Crippen LogP contribution in [0.4, 0.5) is 0 Å². The zero-order valence-corrected chi connectivity index (χ0v) is 8.24. The molecule has 1 aliphatic rings. The fourth-order valence-corrected chi connectivity index (χ4v) is 1.56. The highest BCUT2D eigenvalue weighted by Crippen LogP contribution is 2.43. The number of ether oxygens (including phenoxy) is 2. The Bertz CT molecular complexity index is 429. The maximum Gasteiger partial charge on any atom is 0.341 e. The van der Waals surface area contributed by atoms with Crippen molar-refractivity contribution in [3.63, 3.8) is 0 Å². The first-order valence-corrected chi connectivity index (χ1v) is 4.53. The van der Waals surface area contributed by atoms with Crippen LogP contribution in [-0.4, -0.2) is 29.4 Å². The highest BCUT2D eigenvalue weighted by atomic mass is 35.5. The summed E-state index contributed by atoms with van der Waals surface area (Å²) < 4.78 is 10.3. The van der Waals surface area contributed by atoms with Crippen LogP contribution in [-0.2, 0) is 0 Å². The lowest BCUT2D eigenvalue weighted by Crippen LogP contribution is -2.18. The number of aromatic hydroxyl groups is 1. The predicted octanol–water partition coefficient (Wildman–Crippen LogP) is 1.51. The first-order chi connectivity index (χ1) is 7.11. The summed E-state index contributed by atoms with van der Waals surface area (Å²) in [6.07, 6.45) is 0. The Morgan fingerprint density at radius 2 is 2.07 bits per heavy atom. The average molecular weight is 231 g/mol. The van der Waals surface area contributed by atoms with Crippen molar-refractivity contribution in [2.24, 2.45) is 0 Å². The maximum atomic E-state index is 10.9. The summed E-state index contributed by atoms with van der Waals surface area (Å²) in [5.74, 6) is -1.34. The van der Waals surface area contributed by atoms with Crippen molar-refractivity contribution in [1.29, 1.82) is 0 Å². The number of carboxylic acid groups (broad SMARTS) is 1. The molecule has 0 aliphatic carbocycles. The third-order valence-corrected chi connectivity index (χ3v) is 2.35. The maximum absolute atomic E-state index is 10.9. The number of rotatable bonds is 1. The number of carbonyl (C=O) groups is 1. The minimum Gasteiger partial charge on any atom is -0.506 e. The van der Waals surface area contributed by atoms with Crippen LogP contribution in [0.5, 0.6) is 17.2 Å². The van der Waals surface area contributed by atoms with Gasteiger partial charge in [-0.2, -0.15) is 0 Å². The van der Waals surface area contributed by atoms with E-state index in [1.807, 2.05) is 0 Å². The summed E-state index contributed by atoms with van der Waals surface area (Å²) in [7, 11) is 0. The lowest BCUT2D eigenvalue weighted by Gasteiger charge is -2.20. The highest BCUT2D eigenvalue weighted by Gasteiger charge is 2.26. The van der Waals surface area contributed by atoms with Crippen LogP contribution >= 0.6 is 11.6 Å². The molecular formula is C9H7ClO5. The fourth-order valence-electron chi connectivity index (χ4n) is 1.34. The van der Waals surface area contributed by atoms with Crippen LogP contribution in [0.15, 0.2) is 6.07 Å². The highest BCUT2D eigenvalue weighted by molar-refractivity contribution is 6.35. The van der Waals surface area contributed by atoms with E-state index in [-0.39, 0.29) is 34.4 Å². The Hall–Kier alpha value is -1.62. The summed E-state index contributed by atoms with van der Waals surface area (Å²) in [5.41, 5.74) is -0.272. The summed E-state index contributed by atoms with van der Waals surface area (Å²) >= 11 is 5.66. The zero-order chi connectivity index (χ0) is 11.0. The van der Waals surface area contributed by atoms with E-state index >= 15 is 0 Å². The van der Waals surface area contributed by atoms with Crippen LogP contribution in [0.1, 0.15) is 10.4 Å². The Balaban J connectivity index is 2.68. The third-order valence-electron chi connectivity index (χ3n) is 1.96. The van der Waals surface area contributed by atoms with Gasteiger partial charge in [0, 0.05) is 6.07 Å². The number of phenols is 1. The van der Waals surface area contributed by atoms with Crippen molar-refractivity contribution in [3.8, 4) is 17.2 Å². The molecule has 1 aromatic carbocycles. The molecule has 2 rings (SSSR count). The number of halogens is 1. The van der Waals surface area contributed by atoms with Gasteiger partial charge in [0.15, 0.2) is 11.5 Å². The van der Waals surface area contributed by atoms with Crippen LogP contribution in [0.2, 0.25) is 5.02 Å². The molecule has 0 saturated heterocycles. The van der Waals surface area contributed by atoms with Gasteiger partial charge in [-0.05, 0) is 0 Å². The van der Waals surface area contributed by atoms with E-state index in [1.54, 1.807) is 0 Å². The fraction of sp³-hybridized carbons (Fsp3) is 0.222. The van der Waals surface area contributed by atoms with E-state index in [0.717, 1.165) is 0 Å². The molecule has 1 aromatic rings. The van der Waals surface area contributed by atoms with Crippen LogP contribution in [0, 0.1) is 0 Å². The summed E-state index contributed by atoms with van der Waals surface area (Å²) in [6.45, 7) is 0.571. The normalized spacial score (nSPS) is 13.7. The van der Waals surface area contributed by atoms with Gasteiger partial charge in [0.1, 0.15) is 29.5 Å². The minimum absolute atomic E-state index is 0.0663. The van der Waals surface area contributed by atoms with Gasteiger partial charge in [0.05, 0.1) is 0 Å². The monoisotopic (exact) mass is 230 g/mol. The first-order valence-electron chi connectivity index (χ1n) is 4.15. The molecule has 0 radical (unpaired) electrons. The molecule has 0 fully saturated rings. The molecule has 6 heteroatoms. The van der Waals surface area contributed by atoms with Gasteiger partial charge >= 0.3 is 5.97 Å². The molecule has 80 valence electrons. The van der Waals surface area contributed by atoms with Crippen molar-refractivity contribution in [2.45, 2.75) is 0 Å². The Morgan fingerprint density at radius 1 is 1.40 bits per heavy atom. The van der Waals surface area contributed by atoms with Crippen molar-refractivity contribution in [1.82, 2.24) is 0 Å².